The highest BCUT2D eigenvalue weighted by atomic mass is 16.2. The molecular weight excluding hydrogens is 264 g/mol. The van der Waals surface area contributed by atoms with E-state index in [9.17, 15) is 4.79 Å². The molecule has 0 atom stereocenters. The van der Waals surface area contributed by atoms with E-state index in [1.165, 1.54) is 32.4 Å². The van der Waals surface area contributed by atoms with Gasteiger partial charge in [-0.25, -0.2) is 4.79 Å². The first-order valence-corrected chi connectivity index (χ1v) is 8.46. The number of carbonyl (C=O) groups is 1. The summed E-state index contributed by atoms with van der Waals surface area (Å²) >= 11 is 0. The standard InChI is InChI=1S/C16H32N4O/c1-17-9-4-14-5-10-19(11-6-14)15-7-12-20(13-8-15)16(21)18(2)3/h14-15,17H,4-13H2,1-3H3. The van der Waals surface area contributed by atoms with Crippen molar-refractivity contribution in [2.24, 2.45) is 5.92 Å². The number of carbonyl (C=O) groups excluding carboxylic acids is 1. The van der Waals surface area contributed by atoms with Gasteiger partial charge in [0.2, 0.25) is 0 Å². The number of piperidine rings is 2. The van der Waals surface area contributed by atoms with Gasteiger partial charge in [-0.2, -0.15) is 0 Å². The van der Waals surface area contributed by atoms with E-state index in [-0.39, 0.29) is 6.03 Å². The highest BCUT2D eigenvalue weighted by Crippen LogP contribution is 2.25. The van der Waals surface area contributed by atoms with E-state index >= 15 is 0 Å². The number of hydrogen-bond donors (Lipinski definition) is 1. The predicted octanol–water partition coefficient (Wildman–Crippen LogP) is 1.45. The molecule has 2 amide bonds. The lowest BCUT2D eigenvalue weighted by Crippen LogP contribution is -2.50. The molecule has 2 aliphatic rings. The van der Waals surface area contributed by atoms with E-state index in [1.807, 2.05) is 26.0 Å². The molecule has 0 spiro atoms. The molecule has 122 valence electrons. The Balaban J connectivity index is 1.70. The van der Waals surface area contributed by atoms with E-state index in [1.54, 1.807) is 4.90 Å². The van der Waals surface area contributed by atoms with E-state index in [0.717, 1.165) is 38.4 Å². The molecule has 0 unspecified atom stereocenters. The number of hydrogen-bond acceptors (Lipinski definition) is 3. The molecule has 0 aromatic heterocycles. The summed E-state index contributed by atoms with van der Waals surface area (Å²) in [4.78, 5) is 18.3. The number of amides is 2. The maximum absolute atomic E-state index is 12.0. The third kappa shape index (κ3) is 4.58. The van der Waals surface area contributed by atoms with Crippen LogP contribution in [-0.4, -0.2) is 80.6 Å². The minimum Gasteiger partial charge on any atom is -0.331 e. The lowest BCUT2D eigenvalue weighted by molar-refractivity contribution is 0.0794. The normalized spacial score (nSPS) is 22.5. The zero-order chi connectivity index (χ0) is 15.2. The number of urea groups is 1. The molecule has 0 aromatic carbocycles. The van der Waals surface area contributed by atoms with Gasteiger partial charge < -0.3 is 20.0 Å². The summed E-state index contributed by atoms with van der Waals surface area (Å²) in [6, 6.07) is 0.862. The van der Waals surface area contributed by atoms with Gasteiger partial charge in [-0.3, -0.25) is 0 Å². The summed E-state index contributed by atoms with van der Waals surface area (Å²) < 4.78 is 0. The first-order valence-electron chi connectivity index (χ1n) is 8.46. The first kappa shape index (κ1) is 16.6. The minimum absolute atomic E-state index is 0.166. The van der Waals surface area contributed by atoms with Crippen LogP contribution in [0.2, 0.25) is 0 Å². The molecular formula is C16H32N4O. The molecule has 0 bridgehead atoms. The maximum Gasteiger partial charge on any atom is 0.319 e. The molecule has 1 N–H and O–H groups in total. The smallest absolute Gasteiger partial charge is 0.319 e. The predicted molar refractivity (Wildman–Crippen MR) is 86.5 cm³/mol. The summed E-state index contributed by atoms with van der Waals surface area (Å²) in [5.41, 5.74) is 0. The van der Waals surface area contributed by atoms with Crippen molar-refractivity contribution in [1.29, 1.82) is 0 Å². The number of nitrogens with zero attached hydrogens (tertiary/aromatic N) is 3. The third-order valence-electron chi connectivity index (χ3n) is 5.09. The van der Waals surface area contributed by atoms with Crippen molar-refractivity contribution in [1.82, 2.24) is 20.0 Å². The van der Waals surface area contributed by atoms with Crippen LogP contribution in [0.4, 0.5) is 4.79 Å². The van der Waals surface area contributed by atoms with Gasteiger partial charge in [0, 0.05) is 33.2 Å². The maximum atomic E-state index is 12.0. The van der Waals surface area contributed by atoms with Gasteiger partial charge in [-0.15, -0.1) is 0 Å². The fourth-order valence-corrected chi connectivity index (χ4v) is 3.66. The van der Waals surface area contributed by atoms with Crippen molar-refractivity contribution in [3.63, 3.8) is 0 Å². The van der Waals surface area contributed by atoms with Crippen molar-refractivity contribution < 1.29 is 4.79 Å². The lowest BCUT2D eigenvalue weighted by Gasteiger charge is -2.42. The fourth-order valence-electron chi connectivity index (χ4n) is 3.66. The van der Waals surface area contributed by atoms with E-state index in [0.29, 0.717) is 6.04 Å². The molecule has 0 aliphatic carbocycles. The van der Waals surface area contributed by atoms with E-state index in [4.69, 9.17) is 0 Å². The molecule has 21 heavy (non-hydrogen) atoms. The highest BCUT2D eigenvalue weighted by Gasteiger charge is 2.29. The summed E-state index contributed by atoms with van der Waals surface area (Å²) in [7, 11) is 5.71. The molecule has 5 nitrogen and oxygen atoms in total. The van der Waals surface area contributed by atoms with Crippen LogP contribution in [0.5, 0.6) is 0 Å². The van der Waals surface area contributed by atoms with Crippen LogP contribution < -0.4 is 5.32 Å². The van der Waals surface area contributed by atoms with Gasteiger partial charge >= 0.3 is 6.03 Å². The molecule has 0 radical (unpaired) electrons. The molecule has 5 heteroatoms. The van der Waals surface area contributed by atoms with Gasteiger partial charge in [0.1, 0.15) is 0 Å². The Bertz CT molecular complexity index is 318. The molecule has 2 rings (SSSR count). The lowest BCUT2D eigenvalue weighted by atomic mass is 9.91. The summed E-state index contributed by atoms with van der Waals surface area (Å²) in [5, 5.41) is 3.26. The summed E-state index contributed by atoms with van der Waals surface area (Å²) in [6.45, 7) is 5.49. The van der Waals surface area contributed by atoms with Crippen LogP contribution >= 0.6 is 0 Å². The molecule has 2 heterocycles. The van der Waals surface area contributed by atoms with Crippen molar-refractivity contribution in [2.45, 2.75) is 38.1 Å². The van der Waals surface area contributed by atoms with Crippen molar-refractivity contribution in [2.75, 3.05) is 53.9 Å². The quantitative estimate of drug-likeness (QED) is 0.853. The molecule has 0 aromatic rings. The monoisotopic (exact) mass is 296 g/mol. The second kappa shape index (κ2) is 7.99. The minimum atomic E-state index is 0.166. The molecule has 2 aliphatic heterocycles. The van der Waals surface area contributed by atoms with Gasteiger partial charge in [0.15, 0.2) is 0 Å². The van der Waals surface area contributed by atoms with Gasteiger partial charge in [-0.1, -0.05) is 0 Å². The Morgan fingerprint density at radius 1 is 1.10 bits per heavy atom. The van der Waals surface area contributed by atoms with Crippen molar-refractivity contribution in [3.8, 4) is 0 Å². The van der Waals surface area contributed by atoms with Crippen LogP contribution in [0.15, 0.2) is 0 Å². The zero-order valence-corrected chi connectivity index (χ0v) is 14.0. The number of likely N-dealkylation sites (tertiary alicyclic amines) is 2. The average molecular weight is 296 g/mol. The van der Waals surface area contributed by atoms with Crippen LogP contribution in [-0.2, 0) is 0 Å². The third-order valence-corrected chi connectivity index (χ3v) is 5.09. The topological polar surface area (TPSA) is 38.8 Å². The van der Waals surface area contributed by atoms with Gasteiger partial charge in [-0.05, 0) is 64.7 Å². The second-order valence-corrected chi connectivity index (χ2v) is 6.77. The van der Waals surface area contributed by atoms with Crippen LogP contribution in [0, 0.1) is 5.92 Å². The van der Waals surface area contributed by atoms with Gasteiger partial charge in [0.05, 0.1) is 0 Å². The fraction of sp³-hybridized carbons (Fsp3) is 0.938. The molecule has 2 saturated heterocycles. The van der Waals surface area contributed by atoms with Crippen LogP contribution in [0.25, 0.3) is 0 Å². The Labute approximate surface area is 129 Å². The molecule has 2 fully saturated rings. The number of nitrogens with one attached hydrogen (secondary N) is 1. The second-order valence-electron chi connectivity index (χ2n) is 6.77. The largest absolute Gasteiger partial charge is 0.331 e. The van der Waals surface area contributed by atoms with E-state index in [2.05, 4.69) is 10.2 Å². The van der Waals surface area contributed by atoms with Crippen LogP contribution in [0.1, 0.15) is 32.1 Å². The number of rotatable bonds is 4. The Morgan fingerprint density at radius 2 is 1.71 bits per heavy atom. The highest BCUT2D eigenvalue weighted by molar-refractivity contribution is 5.73. The van der Waals surface area contributed by atoms with Crippen molar-refractivity contribution >= 4 is 6.03 Å². The Morgan fingerprint density at radius 3 is 2.24 bits per heavy atom. The van der Waals surface area contributed by atoms with Gasteiger partial charge in [0.25, 0.3) is 0 Å². The zero-order valence-electron chi connectivity index (χ0n) is 14.0. The average Bonchev–Trinajstić information content (AvgIpc) is 2.53. The SMILES string of the molecule is CNCCC1CCN(C2CCN(C(=O)N(C)C)CC2)CC1. The van der Waals surface area contributed by atoms with Crippen molar-refractivity contribution in [3.05, 3.63) is 0 Å². The Kier molecular flexibility index (Phi) is 6.30. The van der Waals surface area contributed by atoms with Crippen LogP contribution in [0.3, 0.4) is 0 Å². The molecule has 0 saturated carbocycles. The first-order chi connectivity index (χ1) is 10.1. The summed E-state index contributed by atoms with van der Waals surface area (Å²) in [5.74, 6) is 0.907. The Hall–Kier alpha value is -0.810. The van der Waals surface area contributed by atoms with E-state index < -0.39 is 0 Å². The summed E-state index contributed by atoms with van der Waals surface area (Å²) in [6.07, 6.45) is 6.29.